The maximum Gasteiger partial charge on any atom is 0.335 e. The van der Waals surface area contributed by atoms with Crippen molar-refractivity contribution in [2.24, 2.45) is 9.98 Å². The summed E-state index contributed by atoms with van der Waals surface area (Å²) in [6.45, 7) is 11.0. The minimum atomic E-state index is -0.966. The molecular formula is C22H24N2O4. The molecule has 0 saturated carbocycles. The van der Waals surface area contributed by atoms with Gasteiger partial charge in [0.25, 0.3) is 0 Å². The van der Waals surface area contributed by atoms with Crippen molar-refractivity contribution in [3.8, 4) is 0 Å². The standard InChI is InChI=1S/C22H24N2O4/c1-11-7-17(21(25)26)8-12(2)19(11)23-15(5)16(6)24-20-13(3)9-18(22(27)28)10-14(20)4/h7-10H,1-6H3,(H,25,26)(H,27,28). The minimum absolute atomic E-state index is 0.238. The first kappa shape index (κ1) is 21.0. The van der Waals surface area contributed by atoms with Crippen LogP contribution in [0, 0.1) is 27.7 Å². The zero-order valence-electron chi connectivity index (χ0n) is 16.9. The topological polar surface area (TPSA) is 99.3 Å². The minimum Gasteiger partial charge on any atom is -0.478 e. The number of aromatic carboxylic acids is 2. The maximum atomic E-state index is 11.2. The lowest BCUT2D eigenvalue weighted by molar-refractivity contribution is 0.0686. The monoisotopic (exact) mass is 380 g/mol. The number of carbonyl (C=O) groups is 2. The zero-order valence-corrected chi connectivity index (χ0v) is 16.9. The van der Waals surface area contributed by atoms with Crippen molar-refractivity contribution in [2.75, 3.05) is 0 Å². The normalized spacial score (nSPS) is 12.2. The molecule has 0 fully saturated rings. The Kier molecular flexibility index (Phi) is 6.13. The van der Waals surface area contributed by atoms with E-state index in [0.29, 0.717) is 11.4 Å². The predicted octanol–water partition coefficient (Wildman–Crippen LogP) is 5.20. The molecule has 0 bridgehead atoms. The Hall–Kier alpha value is -3.28. The summed E-state index contributed by atoms with van der Waals surface area (Å²) in [5, 5.41) is 18.3. The summed E-state index contributed by atoms with van der Waals surface area (Å²) < 4.78 is 0. The van der Waals surface area contributed by atoms with E-state index in [-0.39, 0.29) is 11.1 Å². The van der Waals surface area contributed by atoms with Crippen LogP contribution in [0.1, 0.15) is 56.8 Å². The molecule has 0 aliphatic carbocycles. The van der Waals surface area contributed by atoms with Crippen molar-refractivity contribution in [2.45, 2.75) is 41.5 Å². The highest BCUT2D eigenvalue weighted by atomic mass is 16.4. The Morgan fingerprint density at radius 1 is 0.643 bits per heavy atom. The number of benzene rings is 2. The fraction of sp³-hybridized carbons (Fsp3) is 0.273. The van der Waals surface area contributed by atoms with Crippen molar-refractivity contribution in [1.82, 2.24) is 0 Å². The first-order chi connectivity index (χ1) is 13.0. The third kappa shape index (κ3) is 4.52. The number of rotatable bonds is 5. The largest absolute Gasteiger partial charge is 0.478 e. The van der Waals surface area contributed by atoms with Gasteiger partial charge in [-0.15, -0.1) is 0 Å². The van der Waals surface area contributed by atoms with E-state index in [1.54, 1.807) is 24.3 Å². The third-order valence-electron chi connectivity index (χ3n) is 4.56. The average Bonchev–Trinajstić information content (AvgIpc) is 2.60. The lowest BCUT2D eigenvalue weighted by atomic mass is 10.0. The van der Waals surface area contributed by atoms with Crippen LogP contribution in [0.25, 0.3) is 0 Å². The molecule has 0 atom stereocenters. The molecule has 0 amide bonds. The highest BCUT2D eigenvalue weighted by molar-refractivity contribution is 6.41. The van der Waals surface area contributed by atoms with E-state index in [0.717, 1.165) is 33.6 Å². The van der Waals surface area contributed by atoms with E-state index in [4.69, 9.17) is 0 Å². The highest BCUT2D eigenvalue weighted by Gasteiger charge is 2.12. The number of nitrogens with zero attached hydrogens (tertiary/aromatic N) is 2. The van der Waals surface area contributed by atoms with Crippen LogP contribution in [-0.2, 0) is 0 Å². The molecule has 0 spiro atoms. The van der Waals surface area contributed by atoms with Gasteiger partial charge in [0.15, 0.2) is 0 Å². The summed E-state index contributed by atoms with van der Waals surface area (Å²) in [5.74, 6) is -1.93. The van der Waals surface area contributed by atoms with Crippen LogP contribution in [-0.4, -0.2) is 33.6 Å². The van der Waals surface area contributed by atoms with Gasteiger partial charge >= 0.3 is 11.9 Å². The first-order valence-corrected chi connectivity index (χ1v) is 8.81. The lowest BCUT2D eigenvalue weighted by Gasteiger charge is -2.10. The summed E-state index contributed by atoms with van der Waals surface area (Å²) in [6.07, 6.45) is 0. The molecule has 2 aromatic carbocycles. The van der Waals surface area contributed by atoms with Crippen LogP contribution >= 0.6 is 0 Å². The Balaban J connectivity index is 2.46. The molecule has 0 aromatic heterocycles. The number of aliphatic imine (C=N–C) groups is 2. The van der Waals surface area contributed by atoms with Crippen LogP contribution in [0.4, 0.5) is 11.4 Å². The van der Waals surface area contributed by atoms with Crippen LogP contribution in [0.5, 0.6) is 0 Å². The van der Waals surface area contributed by atoms with Gasteiger partial charge in [-0.3, -0.25) is 9.98 Å². The fourth-order valence-corrected chi connectivity index (χ4v) is 3.01. The molecule has 2 aromatic rings. The molecule has 146 valence electrons. The quantitative estimate of drug-likeness (QED) is 0.696. The van der Waals surface area contributed by atoms with E-state index >= 15 is 0 Å². The van der Waals surface area contributed by atoms with E-state index in [2.05, 4.69) is 9.98 Å². The summed E-state index contributed by atoms with van der Waals surface area (Å²) in [5.41, 5.74) is 6.46. The van der Waals surface area contributed by atoms with Gasteiger partial charge in [0.2, 0.25) is 0 Å². The van der Waals surface area contributed by atoms with Crippen LogP contribution in [0.15, 0.2) is 34.3 Å². The van der Waals surface area contributed by atoms with Gasteiger partial charge in [0, 0.05) is 0 Å². The maximum absolute atomic E-state index is 11.2. The average molecular weight is 380 g/mol. The molecule has 6 nitrogen and oxygen atoms in total. The number of carboxylic acid groups (broad SMARTS) is 2. The summed E-state index contributed by atoms with van der Waals surface area (Å²) in [6, 6.07) is 6.42. The molecule has 2 N–H and O–H groups in total. The molecule has 0 saturated heterocycles. The van der Waals surface area contributed by atoms with Crippen molar-refractivity contribution < 1.29 is 19.8 Å². The van der Waals surface area contributed by atoms with Crippen LogP contribution in [0.2, 0.25) is 0 Å². The molecule has 0 radical (unpaired) electrons. The van der Waals surface area contributed by atoms with E-state index < -0.39 is 11.9 Å². The van der Waals surface area contributed by atoms with Gasteiger partial charge < -0.3 is 10.2 Å². The van der Waals surface area contributed by atoms with Crippen LogP contribution in [0.3, 0.4) is 0 Å². The van der Waals surface area contributed by atoms with Gasteiger partial charge in [-0.2, -0.15) is 0 Å². The van der Waals surface area contributed by atoms with Gasteiger partial charge in [0.1, 0.15) is 0 Å². The van der Waals surface area contributed by atoms with E-state index in [1.165, 1.54) is 0 Å². The zero-order chi connectivity index (χ0) is 21.2. The second-order valence-corrected chi connectivity index (χ2v) is 6.92. The fourth-order valence-electron chi connectivity index (χ4n) is 3.01. The van der Waals surface area contributed by atoms with E-state index in [1.807, 2.05) is 41.5 Å². The van der Waals surface area contributed by atoms with Gasteiger partial charge in [-0.1, -0.05) is 0 Å². The van der Waals surface area contributed by atoms with Gasteiger partial charge in [-0.25, -0.2) is 9.59 Å². The SMILES string of the molecule is CC(=Nc1c(C)cc(C(=O)O)cc1C)C(C)=Nc1c(C)cc(C(=O)O)cc1C. The molecule has 0 unspecified atom stereocenters. The molecule has 2 rings (SSSR count). The van der Waals surface area contributed by atoms with Crippen LogP contribution < -0.4 is 0 Å². The van der Waals surface area contributed by atoms with E-state index in [9.17, 15) is 19.8 Å². The molecule has 0 aliphatic heterocycles. The van der Waals surface area contributed by atoms with Gasteiger partial charge in [-0.05, 0) is 88.1 Å². The van der Waals surface area contributed by atoms with Crippen molar-refractivity contribution in [3.63, 3.8) is 0 Å². The lowest BCUT2D eigenvalue weighted by Crippen LogP contribution is -2.06. The third-order valence-corrected chi connectivity index (χ3v) is 4.56. The van der Waals surface area contributed by atoms with Crippen molar-refractivity contribution >= 4 is 34.7 Å². The number of hydrogen-bond donors (Lipinski definition) is 2. The second kappa shape index (κ2) is 8.17. The molecule has 0 aliphatic rings. The molecule has 28 heavy (non-hydrogen) atoms. The first-order valence-electron chi connectivity index (χ1n) is 8.81. The summed E-state index contributed by atoms with van der Waals surface area (Å²) in [4.78, 5) is 31.7. The summed E-state index contributed by atoms with van der Waals surface area (Å²) in [7, 11) is 0. The highest BCUT2D eigenvalue weighted by Crippen LogP contribution is 2.28. The van der Waals surface area contributed by atoms with Crippen molar-refractivity contribution in [1.29, 1.82) is 0 Å². The smallest absolute Gasteiger partial charge is 0.335 e. The summed E-state index contributed by atoms with van der Waals surface area (Å²) >= 11 is 0. The Bertz CT molecular complexity index is 903. The predicted molar refractivity (Wildman–Crippen MR) is 111 cm³/mol. The molecule has 6 heteroatoms. The number of carboxylic acids is 2. The van der Waals surface area contributed by atoms with Crippen molar-refractivity contribution in [3.05, 3.63) is 57.6 Å². The number of hydrogen-bond acceptors (Lipinski definition) is 4. The molecular weight excluding hydrogens is 356 g/mol. The Labute approximate surface area is 164 Å². The second-order valence-electron chi connectivity index (χ2n) is 6.92. The molecule has 0 heterocycles. The Morgan fingerprint density at radius 2 is 0.893 bits per heavy atom. The Morgan fingerprint density at radius 3 is 1.11 bits per heavy atom. The van der Waals surface area contributed by atoms with Gasteiger partial charge in [0.05, 0.1) is 33.9 Å². The number of aryl methyl sites for hydroxylation is 4.